The lowest BCUT2D eigenvalue weighted by Crippen LogP contribution is -2.00. The van der Waals surface area contributed by atoms with Crippen molar-refractivity contribution in [3.8, 4) is 56.8 Å². The summed E-state index contributed by atoms with van der Waals surface area (Å²) in [6.07, 6.45) is 0. The third-order valence-electron chi connectivity index (χ3n) is 11.3. The van der Waals surface area contributed by atoms with Gasteiger partial charge in [0.1, 0.15) is 16.8 Å². The number of benzene rings is 9. The van der Waals surface area contributed by atoms with Gasteiger partial charge in [-0.05, 0) is 62.0 Å². The van der Waals surface area contributed by atoms with Crippen LogP contribution in [-0.2, 0) is 0 Å². The lowest BCUT2D eigenvalue weighted by atomic mass is 10.0. The smallest absolute Gasteiger partial charge is 0.180 e. The average Bonchev–Trinajstić information content (AvgIpc) is 3.70. The Balaban J connectivity index is 1.01. The van der Waals surface area contributed by atoms with E-state index in [9.17, 15) is 0 Å². The van der Waals surface area contributed by atoms with Crippen LogP contribution in [0.25, 0.3) is 122 Å². The second-order valence-electron chi connectivity index (χ2n) is 14.9. The van der Waals surface area contributed by atoms with E-state index in [1.165, 1.54) is 5.39 Å². The van der Waals surface area contributed by atoms with E-state index < -0.39 is 0 Å². The van der Waals surface area contributed by atoms with Crippen LogP contribution in [0.15, 0.2) is 192 Å². The minimum absolute atomic E-state index is 0.582. The topological polar surface area (TPSA) is 77.6 Å². The van der Waals surface area contributed by atoms with Crippen molar-refractivity contribution in [1.29, 1.82) is 0 Å². The molecule has 9 aromatic carbocycles. The van der Waals surface area contributed by atoms with Crippen LogP contribution in [0.2, 0.25) is 0 Å². The van der Waals surface area contributed by atoms with Gasteiger partial charge in [0.15, 0.2) is 28.9 Å². The van der Waals surface area contributed by atoms with Gasteiger partial charge < -0.3 is 4.42 Å². The Morgan fingerprint density at radius 2 is 0.678 bits per heavy atom. The van der Waals surface area contributed by atoms with E-state index >= 15 is 0 Å². The van der Waals surface area contributed by atoms with Crippen LogP contribution in [0.4, 0.5) is 0 Å². The zero-order valence-electron chi connectivity index (χ0n) is 31.5. The fraction of sp³-hybridized carbons (Fsp3) is 0. The first kappa shape index (κ1) is 33.1. The van der Waals surface area contributed by atoms with Crippen molar-refractivity contribution in [2.24, 2.45) is 0 Å². The number of furan rings is 1. The summed E-state index contributed by atoms with van der Waals surface area (Å²) in [7, 11) is 0. The molecule has 0 radical (unpaired) electrons. The van der Waals surface area contributed by atoms with Crippen molar-refractivity contribution in [1.82, 2.24) is 24.9 Å². The lowest BCUT2D eigenvalue weighted by Gasteiger charge is -2.10. The summed E-state index contributed by atoms with van der Waals surface area (Å²) in [5, 5.41) is 9.99. The Hall–Kier alpha value is -8.09. The van der Waals surface area contributed by atoms with Gasteiger partial charge in [0.25, 0.3) is 0 Å². The van der Waals surface area contributed by atoms with Crippen LogP contribution < -0.4 is 0 Å². The fourth-order valence-corrected chi connectivity index (χ4v) is 8.22. The standard InChI is InChI=1S/C53H31N5O/c1-4-13-38-29-41(24-17-32(38)9-1)46-49-47(45-28-27-35-12-7-8-16-44(35)48(45)59-49)55-50(54-46)36-20-22-37(23-21-36)51-56-52(42-25-18-33-10-2-5-14-39(33)30-42)58-53(57-51)43-26-19-34-11-3-6-15-40(34)31-43/h1-31H. The molecule has 274 valence electrons. The van der Waals surface area contributed by atoms with Gasteiger partial charge in [-0.1, -0.05) is 164 Å². The zero-order chi connectivity index (χ0) is 38.9. The van der Waals surface area contributed by atoms with E-state index in [2.05, 4.69) is 152 Å². The quantitative estimate of drug-likeness (QED) is 0.174. The largest absolute Gasteiger partial charge is 0.451 e. The molecule has 59 heavy (non-hydrogen) atoms. The van der Waals surface area contributed by atoms with Crippen LogP contribution in [0.3, 0.4) is 0 Å². The van der Waals surface area contributed by atoms with Crippen molar-refractivity contribution in [3.63, 3.8) is 0 Å². The summed E-state index contributed by atoms with van der Waals surface area (Å²) in [6.45, 7) is 0. The van der Waals surface area contributed by atoms with Gasteiger partial charge >= 0.3 is 0 Å². The maximum atomic E-state index is 6.73. The highest BCUT2D eigenvalue weighted by Gasteiger charge is 2.20. The average molecular weight is 754 g/mol. The first-order chi connectivity index (χ1) is 29.2. The molecule has 0 amide bonds. The number of aromatic nitrogens is 5. The molecule has 12 rings (SSSR count). The molecule has 3 heterocycles. The van der Waals surface area contributed by atoms with Crippen molar-refractivity contribution in [2.75, 3.05) is 0 Å². The molecule has 0 aliphatic rings. The third-order valence-corrected chi connectivity index (χ3v) is 11.3. The molecule has 0 fully saturated rings. The normalized spacial score (nSPS) is 11.7. The summed E-state index contributed by atoms with van der Waals surface area (Å²) in [4.78, 5) is 25.6. The van der Waals surface area contributed by atoms with E-state index in [0.29, 0.717) is 28.9 Å². The molecule has 0 aliphatic heterocycles. The second-order valence-corrected chi connectivity index (χ2v) is 14.9. The second kappa shape index (κ2) is 13.3. The van der Waals surface area contributed by atoms with Crippen molar-refractivity contribution in [3.05, 3.63) is 188 Å². The van der Waals surface area contributed by atoms with Crippen LogP contribution in [0, 0.1) is 0 Å². The third kappa shape index (κ3) is 5.69. The minimum Gasteiger partial charge on any atom is -0.451 e. The summed E-state index contributed by atoms with van der Waals surface area (Å²) >= 11 is 0. The van der Waals surface area contributed by atoms with E-state index in [4.69, 9.17) is 29.3 Å². The highest BCUT2D eigenvalue weighted by Crippen LogP contribution is 2.39. The first-order valence-electron chi connectivity index (χ1n) is 19.6. The summed E-state index contributed by atoms with van der Waals surface area (Å²) in [6, 6.07) is 64.9. The number of hydrogen-bond donors (Lipinski definition) is 0. The number of nitrogens with zero attached hydrogens (tertiary/aromatic N) is 5. The number of rotatable bonds is 5. The van der Waals surface area contributed by atoms with Gasteiger partial charge in [0.05, 0.1) is 0 Å². The van der Waals surface area contributed by atoms with Crippen molar-refractivity contribution in [2.45, 2.75) is 0 Å². The van der Waals surface area contributed by atoms with Crippen LogP contribution in [-0.4, -0.2) is 24.9 Å². The molecule has 0 saturated heterocycles. The number of fused-ring (bicyclic) bond motifs is 8. The van der Waals surface area contributed by atoms with E-state index in [0.717, 1.165) is 87.7 Å². The van der Waals surface area contributed by atoms with Gasteiger partial charge in [0.2, 0.25) is 0 Å². The summed E-state index contributed by atoms with van der Waals surface area (Å²) < 4.78 is 6.73. The summed E-state index contributed by atoms with van der Waals surface area (Å²) in [5.74, 6) is 2.41. The van der Waals surface area contributed by atoms with Crippen molar-refractivity contribution < 1.29 is 4.42 Å². The van der Waals surface area contributed by atoms with E-state index in [1.54, 1.807) is 0 Å². The molecule has 6 heteroatoms. The molecule has 0 saturated carbocycles. The molecule has 0 atom stereocenters. The molecule has 0 unspecified atom stereocenters. The highest BCUT2D eigenvalue weighted by molar-refractivity contribution is 6.16. The molecule has 0 aliphatic carbocycles. The summed E-state index contributed by atoms with van der Waals surface area (Å²) in [5.41, 5.74) is 7.54. The van der Waals surface area contributed by atoms with Crippen LogP contribution >= 0.6 is 0 Å². The Bertz CT molecular complexity index is 3530. The SMILES string of the molecule is c1ccc2cc(-c3nc(-c4ccc(-c5nc(-c6ccc7ccccc7c6)c6oc7c8ccccc8ccc7c6n5)cc4)nc(-c4ccc5ccccc5c4)n3)ccc2c1. The lowest BCUT2D eigenvalue weighted by molar-refractivity contribution is 0.671. The van der Waals surface area contributed by atoms with Gasteiger partial charge in [-0.25, -0.2) is 24.9 Å². The molecule has 0 spiro atoms. The molecule has 3 aromatic heterocycles. The maximum absolute atomic E-state index is 6.73. The van der Waals surface area contributed by atoms with Gasteiger partial charge in [-0.15, -0.1) is 0 Å². The van der Waals surface area contributed by atoms with Crippen LogP contribution in [0.1, 0.15) is 0 Å². The number of hydrogen-bond acceptors (Lipinski definition) is 6. The predicted molar refractivity (Wildman–Crippen MR) is 240 cm³/mol. The minimum atomic E-state index is 0.582. The Labute approximate surface area is 338 Å². The molecule has 0 bridgehead atoms. The maximum Gasteiger partial charge on any atom is 0.180 e. The molecular formula is C53H31N5O. The Morgan fingerprint density at radius 1 is 0.271 bits per heavy atom. The zero-order valence-corrected chi connectivity index (χ0v) is 31.5. The van der Waals surface area contributed by atoms with Gasteiger partial charge in [-0.2, -0.15) is 0 Å². The predicted octanol–water partition coefficient (Wildman–Crippen LogP) is 13.5. The van der Waals surface area contributed by atoms with Crippen LogP contribution in [0.5, 0.6) is 0 Å². The molecule has 6 nitrogen and oxygen atoms in total. The Kier molecular flexibility index (Phi) is 7.43. The molecule has 12 aromatic rings. The Morgan fingerprint density at radius 3 is 1.24 bits per heavy atom. The fourth-order valence-electron chi connectivity index (χ4n) is 8.22. The highest BCUT2D eigenvalue weighted by atomic mass is 16.3. The molecule has 0 N–H and O–H groups in total. The van der Waals surface area contributed by atoms with Gasteiger partial charge in [-0.3, -0.25) is 0 Å². The van der Waals surface area contributed by atoms with Crippen molar-refractivity contribution >= 4 is 65.2 Å². The van der Waals surface area contributed by atoms with E-state index in [1.807, 2.05) is 36.4 Å². The molecular weight excluding hydrogens is 723 g/mol. The van der Waals surface area contributed by atoms with E-state index in [-0.39, 0.29) is 0 Å². The monoisotopic (exact) mass is 753 g/mol. The van der Waals surface area contributed by atoms with Gasteiger partial charge in [0, 0.05) is 38.6 Å². The first-order valence-corrected chi connectivity index (χ1v) is 19.6.